The van der Waals surface area contributed by atoms with Crippen LogP contribution in [-0.2, 0) is 5.41 Å². The number of hydrogen-bond acceptors (Lipinski definition) is 5. The van der Waals surface area contributed by atoms with E-state index in [4.69, 9.17) is 4.42 Å². The SMILES string of the molecule is N#Cc1c(NCC2(c3ccccc3)CCCC2)ncnc1-c1ccco1. The number of hydrogen-bond donors (Lipinski definition) is 1. The zero-order valence-corrected chi connectivity index (χ0v) is 14.5. The monoisotopic (exact) mass is 344 g/mol. The van der Waals surface area contributed by atoms with E-state index in [2.05, 4.69) is 45.6 Å². The minimum absolute atomic E-state index is 0.0871. The molecule has 0 saturated heterocycles. The van der Waals surface area contributed by atoms with Gasteiger partial charge >= 0.3 is 0 Å². The molecule has 2 heterocycles. The third-order valence-corrected chi connectivity index (χ3v) is 5.25. The summed E-state index contributed by atoms with van der Waals surface area (Å²) in [5.74, 6) is 1.14. The van der Waals surface area contributed by atoms with Crippen LogP contribution in [0, 0.1) is 11.3 Å². The zero-order valence-electron chi connectivity index (χ0n) is 14.5. The Kier molecular flexibility index (Phi) is 4.40. The van der Waals surface area contributed by atoms with Gasteiger partial charge in [0.15, 0.2) is 5.76 Å². The Labute approximate surface area is 152 Å². The van der Waals surface area contributed by atoms with Gasteiger partial charge in [0.1, 0.15) is 29.5 Å². The molecule has 2 aromatic heterocycles. The van der Waals surface area contributed by atoms with Gasteiger partial charge in [0.05, 0.1) is 6.26 Å². The molecule has 4 rings (SSSR count). The first-order chi connectivity index (χ1) is 12.8. The molecule has 1 N–H and O–H groups in total. The summed E-state index contributed by atoms with van der Waals surface area (Å²) < 4.78 is 5.41. The van der Waals surface area contributed by atoms with Gasteiger partial charge in [-0.05, 0) is 30.5 Å². The number of aromatic nitrogens is 2. The van der Waals surface area contributed by atoms with E-state index in [1.165, 1.54) is 24.7 Å². The molecule has 0 bridgehead atoms. The third-order valence-electron chi connectivity index (χ3n) is 5.25. The molecule has 0 unspecified atom stereocenters. The van der Waals surface area contributed by atoms with E-state index in [0.717, 1.165) is 19.4 Å². The van der Waals surface area contributed by atoms with Crippen LogP contribution in [-0.4, -0.2) is 16.5 Å². The Morgan fingerprint density at radius 3 is 2.58 bits per heavy atom. The van der Waals surface area contributed by atoms with Crippen LogP contribution in [0.25, 0.3) is 11.5 Å². The Hall–Kier alpha value is -3.13. The second-order valence-electron chi connectivity index (χ2n) is 6.74. The lowest BCUT2D eigenvalue weighted by molar-refractivity contribution is 0.466. The van der Waals surface area contributed by atoms with Crippen molar-refractivity contribution in [2.45, 2.75) is 31.1 Å². The Morgan fingerprint density at radius 2 is 1.88 bits per heavy atom. The highest BCUT2D eigenvalue weighted by Gasteiger charge is 2.35. The lowest BCUT2D eigenvalue weighted by Gasteiger charge is -2.30. The van der Waals surface area contributed by atoms with Crippen LogP contribution >= 0.6 is 0 Å². The highest BCUT2D eigenvalue weighted by Crippen LogP contribution is 2.41. The number of nitrogens with zero attached hydrogens (tertiary/aromatic N) is 3. The fraction of sp³-hybridized carbons (Fsp3) is 0.286. The number of nitrogens with one attached hydrogen (secondary N) is 1. The van der Waals surface area contributed by atoms with Crippen molar-refractivity contribution < 1.29 is 4.42 Å². The van der Waals surface area contributed by atoms with Crippen molar-refractivity contribution >= 4 is 5.82 Å². The van der Waals surface area contributed by atoms with Gasteiger partial charge in [0, 0.05) is 12.0 Å². The Balaban J connectivity index is 1.64. The van der Waals surface area contributed by atoms with Gasteiger partial charge in [-0.25, -0.2) is 9.97 Å². The summed E-state index contributed by atoms with van der Waals surface area (Å²) in [6.45, 7) is 0.750. The molecule has 1 saturated carbocycles. The number of nitriles is 1. The van der Waals surface area contributed by atoms with Crippen molar-refractivity contribution in [2.75, 3.05) is 11.9 Å². The first kappa shape index (κ1) is 16.3. The first-order valence-electron chi connectivity index (χ1n) is 8.91. The van der Waals surface area contributed by atoms with Crippen molar-refractivity contribution in [1.82, 2.24) is 9.97 Å². The van der Waals surface area contributed by atoms with Gasteiger partial charge in [-0.2, -0.15) is 5.26 Å². The molecular weight excluding hydrogens is 324 g/mol. The van der Waals surface area contributed by atoms with E-state index in [1.54, 1.807) is 18.4 Å². The van der Waals surface area contributed by atoms with Crippen LogP contribution in [0.15, 0.2) is 59.5 Å². The molecule has 1 aliphatic rings. The average Bonchev–Trinajstić information content (AvgIpc) is 3.39. The van der Waals surface area contributed by atoms with E-state index in [0.29, 0.717) is 22.8 Å². The summed E-state index contributed by atoms with van der Waals surface area (Å²) in [6, 6.07) is 16.5. The number of rotatable bonds is 5. The summed E-state index contributed by atoms with van der Waals surface area (Å²) in [5, 5.41) is 13.1. The van der Waals surface area contributed by atoms with Gasteiger partial charge in [0.2, 0.25) is 0 Å². The topological polar surface area (TPSA) is 74.7 Å². The molecule has 1 fully saturated rings. The second kappa shape index (κ2) is 7.01. The van der Waals surface area contributed by atoms with E-state index < -0.39 is 0 Å². The third kappa shape index (κ3) is 2.95. The number of furan rings is 1. The Morgan fingerprint density at radius 1 is 1.08 bits per heavy atom. The maximum atomic E-state index is 9.66. The van der Waals surface area contributed by atoms with Crippen molar-refractivity contribution in [3.05, 3.63) is 66.2 Å². The zero-order chi connectivity index (χ0) is 17.8. The van der Waals surface area contributed by atoms with Gasteiger partial charge in [-0.15, -0.1) is 0 Å². The fourth-order valence-corrected chi connectivity index (χ4v) is 3.89. The van der Waals surface area contributed by atoms with Gasteiger partial charge in [0.25, 0.3) is 0 Å². The van der Waals surface area contributed by atoms with E-state index in [-0.39, 0.29) is 5.41 Å². The molecule has 0 spiro atoms. The molecule has 0 amide bonds. The van der Waals surface area contributed by atoms with Gasteiger partial charge < -0.3 is 9.73 Å². The van der Waals surface area contributed by atoms with Crippen LogP contribution in [0.3, 0.4) is 0 Å². The summed E-state index contributed by atoms with van der Waals surface area (Å²) in [5.41, 5.74) is 2.38. The lowest BCUT2D eigenvalue weighted by atomic mass is 9.79. The molecule has 0 aliphatic heterocycles. The predicted molar refractivity (Wildman–Crippen MR) is 99.5 cm³/mol. The normalized spacial score (nSPS) is 15.5. The molecule has 5 heteroatoms. The van der Waals surface area contributed by atoms with Crippen LogP contribution in [0.5, 0.6) is 0 Å². The largest absolute Gasteiger partial charge is 0.463 e. The quantitative estimate of drug-likeness (QED) is 0.736. The van der Waals surface area contributed by atoms with Crippen LogP contribution < -0.4 is 5.32 Å². The molecule has 0 atom stereocenters. The molecule has 130 valence electrons. The van der Waals surface area contributed by atoms with E-state index >= 15 is 0 Å². The average molecular weight is 344 g/mol. The van der Waals surface area contributed by atoms with E-state index in [9.17, 15) is 5.26 Å². The molecule has 3 aromatic rings. The van der Waals surface area contributed by atoms with Crippen molar-refractivity contribution in [1.29, 1.82) is 5.26 Å². The first-order valence-corrected chi connectivity index (χ1v) is 8.91. The minimum Gasteiger partial charge on any atom is -0.463 e. The van der Waals surface area contributed by atoms with Crippen molar-refractivity contribution in [3.8, 4) is 17.5 Å². The molecule has 1 aliphatic carbocycles. The van der Waals surface area contributed by atoms with Gasteiger partial charge in [-0.3, -0.25) is 0 Å². The van der Waals surface area contributed by atoms with Crippen LogP contribution in [0.4, 0.5) is 5.82 Å². The minimum atomic E-state index is 0.0871. The van der Waals surface area contributed by atoms with Crippen LogP contribution in [0.2, 0.25) is 0 Å². The van der Waals surface area contributed by atoms with Crippen molar-refractivity contribution in [2.24, 2.45) is 0 Å². The summed E-state index contributed by atoms with van der Waals surface area (Å²) in [6.07, 6.45) is 7.79. The highest BCUT2D eigenvalue weighted by atomic mass is 16.3. The molecule has 1 aromatic carbocycles. The maximum Gasteiger partial charge on any atom is 0.153 e. The van der Waals surface area contributed by atoms with Crippen molar-refractivity contribution in [3.63, 3.8) is 0 Å². The standard InChI is InChI=1S/C21H20N4O/c22-13-17-19(18-9-6-12-26-18)24-15-25-20(17)23-14-21(10-4-5-11-21)16-7-2-1-3-8-16/h1-3,6-9,12,15H,4-5,10-11,14H2,(H,23,24,25). The smallest absolute Gasteiger partial charge is 0.153 e. The molecule has 26 heavy (non-hydrogen) atoms. The highest BCUT2D eigenvalue weighted by molar-refractivity contribution is 5.69. The summed E-state index contributed by atoms with van der Waals surface area (Å²) in [4.78, 5) is 8.56. The number of anilines is 1. The summed E-state index contributed by atoms with van der Waals surface area (Å²) in [7, 11) is 0. The number of benzene rings is 1. The molecular formula is C21H20N4O. The van der Waals surface area contributed by atoms with Gasteiger partial charge in [-0.1, -0.05) is 43.2 Å². The Bertz CT molecular complexity index is 907. The maximum absolute atomic E-state index is 9.66. The fourth-order valence-electron chi connectivity index (χ4n) is 3.89. The second-order valence-corrected chi connectivity index (χ2v) is 6.74. The summed E-state index contributed by atoms with van der Waals surface area (Å²) >= 11 is 0. The predicted octanol–water partition coefficient (Wildman–Crippen LogP) is 4.53. The van der Waals surface area contributed by atoms with E-state index in [1.807, 2.05) is 6.07 Å². The molecule has 0 radical (unpaired) electrons. The molecule has 5 nitrogen and oxygen atoms in total. The van der Waals surface area contributed by atoms with Crippen LogP contribution in [0.1, 0.15) is 36.8 Å². The lowest BCUT2D eigenvalue weighted by Crippen LogP contribution is -2.32.